The maximum Gasteiger partial charge on any atom is 0.243 e. The van der Waals surface area contributed by atoms with E-state index >= 15 is 0 Å². The molecule has 0 bridgehead atoms. The molecule has 0 radical (unpaired) electrons. The van der Waals surface area contributed by atoms with Gasteiger partial charge >= 0.3 is 0 Å². The van der Waals surface area contributed by atoms with Crippen LogP contribution in [0, 0.1) is 12.3 Å². The monoisotopic (exact) mass is 388 g/mol. The summed E-state index contributed by atoms with van der Waals surface area (Å²) in [5.74, 6) is 1.26. The number of aryl methyl sites for hydroxylation is 3. The van der Waals surface area contributed by atoms with Crippen LogP contribution in [0.3, 0.4) is 0 Å². The average Bonchev–Trinajstić information content (AvgIpc) is 3.30. The van der Waals surface area contributed by atoms with Crippen molar-refractivity contribution in [3.63, 3.8) is 0 Å². The second kappa shape index (κ2) is 5.86. The average molecular weight is 388 g/mol. The number of sulfonamides is 1. The van der Waals surface area contributed by atoms with Gasteiger partial charge in [0.05, 0.1) is 10.8 Å². The number of fused-ring (bicyclic) bond motifs is 1. The summed E-state index contributed by atoms with van der Waals surface area (Å²) >= 11 is 0. The zero-order valence-electron chi connectivity index (χ0n) is 15.7. The molecule has 2 aromatic rings. The van der Waals surface area contributed by atoms with Crippen molar-refractivity contribution in [3.05, 3.63) is 41.1 Å². The molecular weight excluding hydrogens is 364 g/mol. The first-order valence-electron chi connectivity index (χ1n) is 9.48. The molecule has 2 saturated heterocycles. The van der Waals surface area contributed by atoms with E-state index < -0.39 is 10.0 Å². The fourth-order valence-electron chi connectivity index (χ4n) is 5.01. The first-order valence-corrected chi connectivity index (χ1v) is 10.9. The standard InChI is InChI=1S/C19H24N4O3S/c1-13-20-21-18(26-13)17-9-22(2)10-19(17)11-23(12-19)27(24,25)16-7-6-14-4-3-5-15(14)8-16/h6-8,17H,3-5,9-12H2,1-2H3. The van der Waals surface area contributed by atoms with Gasteiger partial charge in [-0.1, -0.05) is 6.07 Å². The summed E-state index contributed by atoms with van der Waals surface area (Å²) in [6, 6.07) is 5.63. The molecular formula is C19H24N4O3S. The number of likely N-dealkylation sites (tertiary alicyclic amines) is 1. The molecule has 0 N–H and O–H groups in total. The molecule has 0 amide bonds. The molecule has 7 nitrogen and oxygen atoms in total. The van der Waals surface area contributed by atoms with Gasteiger partial charge in [-0.3, -0.25) is 0 Å². The van der Waals surface area contributed by atoms with Crippen LogP contribution in [0.25, 0.3) is 0 Å². The predicted octanol–water partition coefficient (Wildman–Crippen LogP) is 1.59. The van der Waals surface area contributed by atoms with Crippen LogP contribution in [0.1, 0.15) is 35.2 Å². The summed E-state index contributed by atoms with van der Waals surface area (Å²) in [7, 11) is -1.40. The normalized spacial score (nSPS) is 25.0. The lowest BCUT2D eigenvalue weighted by Gasteiger charge is -2.49. The van der Waals surface area contributed by atoms with E-state index in [9.17, 15) is 8.42 Å². The van der Waals surface area contributed by atoms with Crippen molar-refractivity contribution < 1.29 is 12.8 Å². The SMILES string of the molecule is Cc1nnc(C2CN(C)CC23CN(S(=O)(=O)c2ccc4c(c2)CCC4)C3)o1. The van der Waals surface area contributed by atoms with Crippen LogP contribution < -0.4 is 0 Å². The van der Waals surface area contributed by atoms with Gasteiger partial charge in [-0.2, -0.15) is 4.31 Å². The summed E-state index contributed by atoms with van der Waals surface area (Å²) in [4.78, 5) is 2.65. The minimum absolute atomic E-state index is 0.0789. The third-order valence-corrected chi connectivity index (χ3v) is 8.14. The Hall–Kier alpha value is -1.77. The van der Waals surface area contributed by atoms with Crippen LogP contribution in [0.5, 0.6) is 0 Å². The summed E-state index contributed by atoms with van der Waals surface area (Å²) in [5.41, 5.74) is 2.33. The summed E-state index contributed by atoms with van der Waals surface area (Å²) < 4.78 is 33.6. The Balaban J connectivity index is 1.40. The van der Waals surface area contributed by atoms with E-state index in [0.29, 0.717) is 29.8 Å². The summed E-state index contributed by atoms with van der Waals surface area (Å²) in [6.07, 6.45) is 3.15. The Morgan fingerprint density at radius 2 is 1.93 bits per heavy atom. The third kappa shape index (κ3) is 2.65. The Morgan fingerprint density at radius 3 is 2.67 bits per heavy atom. The topological polar surface area (TPSA) is 79.5 Å². The van der Waals surface area contributed by atoms with Crippen LogP contribution in [0.4, 0.5) is 0 Å². The van der Waals surface area contributed by atoms with E-state index in [-0.39, 0.29) is 11.3 Å². The van der Waals surface area contributed by atoms with Gasteiger partial charge in [0.1, 0.15) is 0 Å². The maximum absolute atomic E-state index is 13.1. The molecule has 3 heterocycles. The Kier molecular flexibility index (Phi) is 3.76. The molecule has 3 aliphatic rings. The predicted molar refractivity (Wildman–Crippen MR) is 98.9 cm³/mol. The molecule has 5 rings (SSSR count). The highest BCUT2D eigenvalue weighted by molar-refractivity contribution is 7.89. The molecule has 1 atom stereocenters. The van der Waals surface area contributed by atoms with Crippen molar-refractivity contribution in [3.8, 4) is 0 Å². The number of hydrogen-bond donors (Lipinski definition) is 0. The van der Waals surface area contributed by atoms with Crippen molar-refractivity contribution >= 4 is 10.0 Å². The highest BCUT2D eigenvalue weighted by atomic mass is 32.2. The molecule has 0 saturated carbocycles. The zero-order valence-corrected chi connectivity index (χ0v) is 16.5. The quantitative estimate of drug-likeness (QED) is 0.794. The highest BCUT2D eigenvalue weighted by Gasteiger charge is 2.58. The Morgan fingerprint density at radius 1 is 1.15 bits per heavy atom. The first kappa shape index (κ1) is 17.3. The van der Waals surface area contributed by atoms with Gasteiger partial charge in [0, 0.05) is 38.5 Å². The molecule has 1 aromatic carbocycles. The molecule has 1 aliphatic carbocycles. The molecule has 27 heavy (non-hydrogen) atoms. The fraction of sp³-hybridized carbons (Fsp3) is 0.579. The lowest BCUT2D eigenvalue weighted by Crippen LogP contribution is -2.61. The third-order valence-electron chi connectivity index (χ3n) is 6.35. The van der Waals surface area contributed by atoms with Gasteiger partial charge < -0.3 is 9.32 Å². The highest BCUT2D eigenvalue weighted by Crippen LogP contribution is 2.49. The van der Waals surface area contributed by atoms with Crippen molar-refractivity contribution in [1.29, 1.82) is 0 Å². The molecule has 8 heteroatoms. The first-order chi connectivity index (χ1) is 12.9. The second-order valence-electron chi connectivity index (χ2n) is 8.33. The van der Waals surface area contributed by atoms with Gasteiger partial charge in [-0.05, 0) is 49.6 Å². The van der Waals surface area contributed by atoms with Gasteiger partial charge in [0.25, 0.3) is 0 Å². The van der Waals surface area contributed by atoms with Gasteiger partial charge in [0.15, 0.2) is 0 Å². The Labute approximate surface area is 159 Å². The van der Waals surface area contributed by atoms with E-state index in [1.165, 1.54) is 11.1 Å². The van der Waals surface area contributed by atoms with Crippen molar-refractivity contribution in [1.82, 2.24) is 19.4 Å². The van der Waals surface area contributed by atoms with Gasteiger partial charge in [0.2, 0.25) is 21.8 Å². The van der Waals surface area contributed by atoms with E-state index in [4.69, 9.17) is 4.42 Å². The van der Waals surface area contributed by atoms with Gasteiger partial charge in [-0.15, -0.1) is 10.2 Å². The molecule has 1 spiro atoms. The van der Waals surface area contributed by atoms with E-state index in [2.05, 4.69) is 22.1 Å². The minimum atomic E-state index is -3.46. The van der Waals surface area contributed by atoms with Gasteiger partial charge in [-0.25, -0.2) is 8.42 Å². The van der Waals surface area contributed by atoms with Crippen molar-refractivity contribution in [2.24, 2.45) is 5.41 Å². The van der Waals surface area contributed by atoms with Crippen LogP contribution >= 0.6 is 0 Å². The smallest absolute Gasteiger partial charge is 0.243 e. The van der Waals surface area contributed by atoms with Crippen LogP contribution in [0.15, 0.2) is 27.5 Å². The second-order valence-corrected chi connectivity index (χ2v) is 10.3. The largest absolute Gasteiger partial charge is 0.425 e. The lowest BCUT2D eigenvalue weighted by atomic mass is 9.73. The fourth-order valence-corrected chi connectivity index (χ4v) is 6.70. The number of hydrogen-bond acceptors (Lipinski definition) is 6. The molecule has 1 unspecified atom stereocenters. The lowest BCUT2D eigenvalue weighted by molar-refractivity contribution is 0.0581. The van der Waals surface area contributed by atoms with Crippen LogP contribution in [-0.4, -0.2) is 61.0 Å². The summed E-state index contributed by atoms with van der Waals surface area (Å²) in [6.45, 7) is 4.45. The van der Waals surface area contributed by atoms with E-state index in [1.807, 2.05) is 12.1 Å². The molecule has 144 valence electrons. The van der Waals surface area contributed by atoms with Crippen molar-refractivity contribution in [2.45, 2.75) is 37.0 Å². The maximum atomic E-state index is 13.1. The zero-order chi connectivity index (χ0) is 18.8. The number of nitrogens with zero attached hydrogens (tertiary/aromatic N) is 4. The molecule has 2 fully saturated rings. The van der Waals surface area contributed by atoms with Crippen molar-refractivity contribution in [2.75, 3.05) is 33.2 Å². The number of benzene rings is 1. The van der Waals surface area contributed by atoms with E-state index in [1.54, 1.807) is 17.3 Å². The molecule has 1 aromatic heterocycles. The van der Waals surface area contributed by atoms with Crippen LogP contribution in [0.2, 0.25) is 0 Å². The minimum Gasteiger partial charge on any atom is -0.425 e. The van der Waals surface area contributed by atoms with Crippen LogP contribution in [-0.2, 0) is 22.9 Å². The van der Waals surface area contributed by atoms with E-state index in [0.717, 1.165) is 32.4 Å². The Bertz CT molecular complexity index is 994. The summed E-state index contributed by atoms with van der Waals surface area (Å²) in [5, 5.41) is 8.17. The molecule has 2 aliphatic heterocycles. The number of rotatable bonds is 3. The number of likely N-dealkylation sites (N-methyl/N-ethyl adjacent to an activating group) is 1. The number of aromatic nitrogens is 2.